The molecule has 0 aliphatic rings. The Morgan fingerprint density at radius 3 is 2.61 bits per heavy atom. The lowest BCUT2D eigenvalue weighted by Crippen LogP contribution is -2.28. The summed E-state index contributed by atoms with van der Waals surface area (Å²) in [6.07, 6.45) is 0. The highest BCUT2D eigenvalue weighted by Gasteiger charge is 2.13. The number of hydrogen-bond donors (Lipinski definition) is 1. The van der Waals surface area contributed by atoms with Gasteiger partial charge in [0.05, 0.1) is 7.11 Å². The van der Waals surface area contributed by atoms with E-state index in [4.69, 9.17) is 4.74 Å². The summed E-state index contributed by atoms with van der Waals surface area (Å²) in [5, 5.41) is 0.763. The maximum absolute atomic E-state index is 11.8. The van der Waals surface area contributed by atoms with Gasteiger partial charge in [0.1, 0.15) is 11.3 Å². The molecule has 0 saturated heterocycles. The summed E-state index contributed by atoms with van der Waals surface area (Å²) in [6.45, 7) is 0. The van der Waals surface area contributed by atoms with E-state index in [0.29, 0.717) is 11.3 Å². The van der Waals surface area contributed by atoms with Crippen molar-refractivity contribution in [3.8, 4) is 5.75 Å². The first-order valence-electron chi connectivity index (χ1n) is 5.45. The lowest BCUT2D eigenvalue weighted by molar-refractivity contribution is 0.0826. The maximum Gasteiger partial charge on any atom is 0.261 e. The number of fused-ring (bicyclic) bond motifs is 1. The number of amides is 1. The van der Waals surface area contributed by atoms with Gasteiger partial charge in [0.25, 0.3) is 11.5 Å². The van der Waals surface area contributed by atoms with E-state index in [-0.39, 0.29) is 17.0 Å². The number of nitrogens with zero attached hydrogens (tertiary/aromatic N) is 1. The van der Waals surface area contributed by atoms with E-state index < -0.39 is 0 Å². The van der Waals surface area contributed by atoms with Crippen LogP contribution in [0.2, 0.25) is 0 Å². The molecule has 1 aromatic carbocycles. The Morgan fingerprint density at radius 1 is 1.28 bits per heavy atom. The van der Waals surface area contributed by atoms with Gasteiger partial charge < -0.3 is 14.6 Å². The molecule has 2 rings (SSSR count). The Balaban J connectivity index is 2.66. The molecule has 0 atom stereocenters. The average Bonchev–Trinajstić information content (AvgIpc) is 2.36. The number of rotatable bonds is 2. The molecule has 1 aromatic heterocycles. The fourth-order valence-corrected chi connectivity index (χ4v) is 1.71. The van der Waals surface area contributed by atoms with Crippen LogP contribution in [0.25, 0.3) is 10.9 Å². The SMILES string of the molecule is COc1ccc2[nH]c(=O)c(C(=O)N(C)C)cc2c1. The fourth-order valence-electron chi connectivity index (χ4n) is 1.71. The minimum atomic E-state index is -0.383. The molecule has 0 spiro atoms. The normalized spacial score (nSPS) is 10.4. The standard InChI is InChI=1S/C13H14N2O3/c1-15(2)13(17)10-7-8-6-9(18-3)4-5-11(8)14-12(10)16/h4-7H,1-3H3,(H,14,16). The molecule has 0 saturated carbocycles. The molecule has 18 heavy (non-hydrogen) atoms. The molecular weight excluding hydrogens is 232 g/mol. The number of hydrogen-bond acceptors (Lipinski definition) is 3. The van der Waals surface area contributed by atoms with E-state index >= 15 is 0 Å². The van der Waals surface area contributed by atoms with Gasteiger partial charge in [0.2, 0.25) is 0 Å². The van der Waals surface area contributed by atoms with E-state index in [1.54, 1.807) is 45.5 Å². The summed E-state index contributed by atoms with van der Waals surface area (Å²) in [6, 6.07) is 6.86. The molecule has 0 fully saturated rings. The second kappa shape index (κ2) is 4.52. The van der Waals surface area contributed by atoms with Crippen LogP contribution < -0.4 is 10.3 Å². The summed E-state index contributed by atoms with van der Waals surface area (Å²) >= 11 is 0. The number of benzene rings is 1. The van der Waals surface area contributed by atoms with Crippen LogP contribution in [0, 0.1) is 0 Å². The molecular formula is C13H14N2O3. The lowest BCUT2D eigenvalue weighted by atomic mass is 10.1. The maximum atomic E-state index is 11.8. The van der Waals surface area contributed by atoms with Crippen molar-refractivity contribution < 1.29 is 9.53 Å². The average molecular weight is 246 g/mol. The molecule has 94 valence electrons. The Hall–Kier alpha value is -2.30. The van der Waals surface area contributed by atoms with Gasteiger partial charge in [-0.25, -0.2) is 0 Å². The van der Waals surface area contributed by atoms with Gasteiger partial charge in [-0.15, -0.1) is 0 Å². The van der Waals surface area contributed by atoms with Gasteiger partial charge in [-0.05, 0) is 24.3 Å². The van der Waals surface area contributed by atoms with Gasteiger partial charge in [-0.1, -0.05) is 0 Å². The third-order valence-electron chi connectivity index (χ3n) is 2.69. The van der Waals surface area contributed by atoms with Crippen LogP contribution >= 0.6 is 0 Å². The number of pyridine rings is 1. The third kappa shape index (κ3) is 2.07. The zero-order chi connectivity index (χ0) is 13.3. The van der Waals surface area contributed by atoms with Crippen LogP contribution in [0.1, 0.15) is 10.4 Å². The first kappa shape index (κ1) is 12.2. The molecule has 1 heterocycles. The van der Waals surface area contributed by atoms with Crippen molar-refractivity contribution in [3.05, 3.63) is 40.2 Å². The first-order chi connectivity index (χ1) is 8.52. The number of methoxy groups -OCH3 is 1. The number of H-pyrrole nitrogens is 1. The molecule has 0 radical (unpaired) electrons. The van der Waals surface area contributed by atoms with E-state index in [2.05, 4.69) is 4.98 Å². The second-order valence-electron chi connectivity index (χ2n) is 4.16. The number of carbonyl (C=O) groups excluding carboxylic acids is 1. The highest BCUT2D eigenvalue weighted by atomic mass is 16.5. The number of aromatic nitrogens is 1. The van der Waals surface area contributed by atoms with Crippen molar-refractivity contribution in [1.29, 1.82) is 0 Å². The van der Waals surface area contributed by atoms with Gasteiger partial charge in [-0.2, -0.15) is 0 Å². The van der Waals surface area contributed by atoms with Crippen LogP contribution in [0.3, 0.4) is 0 Å². The predicted octanol–water partition coefficient (Wildman–Crippen LogP) is 1.24. The first-order valence-corrected chi connectivity index (χ1v) is 5.45. The molecule has 0 aliphatic heterocycles. The molecule has 1 N–H and O–H groups in total. The monoisotopic (exact) mass is 246 g/mol. The minimum absolute atomic E-state index is 0.126. The second-order valence-corrected chi connectivity index (χ2v) is 4.16. The lowest BCUT2D eigenvalue weighted by Gasteiger charge is -2.10. The zero-order valence-corrected chi connectivity index (χ0v) is 10.5. The largest absolute Gasteiger partial charge is 0.497 e. The van der Waals surface area contributed by atoms with Crippen LogP contribution in [-0.4, -0.2) is 37.0 Å². The van der Waals surface area contributed by atoms with Crippen LogP contribution in [-0.2, 0) is 0 Å². The zero-order valence-electron chi connectivity index (χ0n) is 10.5. The molecule has 0 unspecified atom stereocenters. The smallest absolute Gasteiger partial charge is 0.261 e. The number of aromatic amines is 1. The van der Waals surface area contributed by atoms with Crippen LogP contribution in [0.4, 0.5) is 0 Å². The molecule has 0 bridgehead atoms. The number of nitrogens with one attached hydrogen (secondary N) is 1. The summed E-state index contributed by atoms with van der Waals surface area (Å²) in [4.78, 5) is 27.7. The van der Waals surface area contributed by atoms with Crippen LogP contribution in [0.15, 0.2) is 29.1 Å². The van der Waals surface area contributed by atoms with Crippen molar-refractivity contribution in [2.24, 2.45) is 0 Å². The minimum Gasteiger partial charge on any atom is -0.497 e. The summed E-state index contributed by atoms with van der Waals surface area (Å²) < 4.78 is 5.11. The predicted molar refractivity (Wildman–Crippen MR) is 69.1 cm³/mol. The molecule has 5 heteroatoms. The Morgan fingerprint density at radius 2 is 2.00 bits per heavy atom. The van der Waals surface area contributed by atoms with E-state index in [1.165, 1.54) is 4.90 Å². The van der Waals surface area contributed by atoms with Crippen molar-refractivity contribution in [2.75, 3.05) is 21.2 Å². The third-order valence-corrected chi connectivity index (χ3v) is 2.69. The quantitative estimate of drug-likeness (QED) is 0.867. The number of ether oxygens (including phenoxy) is 1. The highest BCUT2D eigenvalue weighted by molar-refractivity contribution is 5.97. The fraction of sp³-hybridized carbons (Fsp3) is 0.231. The Kier molecular flexibility index (Phi) is 3.06. The Bertz CT molecular complexity index is 659. The van der Waals surface area contributed by atoms with E-state index in [1.807, 2.05) is 0 Å². The molecule has 2 aromatic rings. The summed E-state index contributed by atoms with van der Waals surface area (Å²) in [7, 11) is 4.79. The van der Waals surface area contributed by atoms with Gasteiger partial charge in [0.15, 0.2) is 0 Å². The van der Waals surface area contributed by atoms with Gasteiger partial charge >= 0.3 is 0 Å². The van der Waals surface area contributed by atoms with E-state index in [9.17, 15) is 9.59 Å². The number of carbonyl (C=O) groups is 1. The highest BCUT2D eigenvalue weighted by Crippen LogP contribution is 2.18. The summed E-state index contributed by atoms with van der Waals surface area (Å²) in [5.41, 5.74) is 0.420. The summed E-state index contributed by atoms with van der Waals surface area (Å²) in [5.74, 6) is 0.360. The molecule has 1 amide bonds. The Labute approximate surface area is 104 Å². The topological polar surface area (TPSA) is 62.4 Å². The van der Waals surface area contributed by atoms with Gasteiger partial charge in [-0.3, -0.25) is 9.59 Å². The van der Waals surface area contributed by atoms with Gasteiger partial charge in [0, 0.05) is 25.0 Å². The van der Waals surface area contributed by atoms with Crippen LogP contribution in [0.5, 0.6) is 5.75 Å². The van der Waals surface area contributed by atoms with Crippen molar-refractivity contribution in [1.82, 2.24) is 9.88 Å². The molecule has 0 aliphatic carbocycles. The van der Waals surface area contributed by atoms with Crippen molar-refractivity contribution >= 4 is 16.8 Å². The van der Waals surface area contributed by atoms with E-state index in [0.717, 1.165) is 5.39 Å². The molecule has 5 nitrogen and oxygen atoms in total. The van der Waals surface area contributed by atoms with Crippen molar-refractivity contribution in [3.63, 3.8) is 0 Å². The van der Waals surface area contributed by atoms with Crippen molar-refractivity contribution in [2.45, 2.75) is 0 Å².